The monoisotopic (exact) mass is 263 g/mol. The third-order valence-corrected chi connectivity index (χ3v) is 3.22. The van der Waals surface area contributed by atoms with Gasteiger partial charge in [0.25, 0.3) is 0 Å². The van der Waals surface area contributed by atoms with Gasteiger partial charge in [-0.2, -0.15) is 5.26 Å². The van der Waals surface area contributed by atoms with Crippen LogP contribution in [-0.2, 0) is 13.6 Å². The number of nitrogens with zero attached hydrogens (tertiary/aromatic N) is 4. The van der Waals surface area contributed by atoms with Crippen molar-refractivity contribution in [3.8, 4) is 6.07 Å². The van der Waals surface area contributed by atoms with Gasteiger partial charge < -0.3 is 9.88 Å². The highest BCUT2D eigenvalue weighted by molar-refractivity contribution is 5.84. The minimum atomic E-state index is 0.361. The lowest BCUT2D eigenvalue weighted by atomic mass is 10.2. The second-order valence-electron chi connectivity index (χ2n) is 4.54. The van der Waals surface area contributed by atoms with Gasteiger partial charge in [0.1, 0.15) is 23.9 Å². The fourth-order valence-corrected chi connectivity index (χ4v) is 2.27. The molecule has 0 saturated heterocycles. The standard InChI is InChI=1S/C15H13N5/c1-20-9-11(13-4-2-3-5-14(13)20)8-17-15-6-12(7-16)18-10-19-15/h2-6,9-10H,8H2,1H3,(H,17,18,19). The van der Waals surface area contributed by atoms with Gasteiger partial charge in [-0.25, -0.2) is 9.97 Å². The number of nitriles is 1. The van der Waals surface area contributed by atoms with Gasteiger partial charge in [0.2, 0.25) is 0 Å². The Morgan fingerprint density at radius 2 is 2.15 bits per heavy atom. The van der Waals surface area contributed by atoms with Crippen molar-refractivity contribution in [1.82, 2.24) is 14.5 Å². The summed E-state index contributed by atoms with van der Waals surface area (Å²) in [5.41, 5.74) is 2.75. The zero-order chi connectivity index (χ0) is 13.9. The van der Waals surface area contributed by atoms with E-state index in [-0.39, 0.29) is 0 Å². The van der Waals surface area contributed by atoms with Crippen LogP contribution in [0.2, 0.25) is 0 Å². The van der Waals surface area contributed by atoms with Crippen LogP contribution >= 0.6 is 0 Å². The molecule has 0 fully saturated rings. The normalized spacial score (nSPS) is 10.4. The number of para-hydroxylation sites is 1. The van der Waals surface area contributed by atoms with Crippen LogP contribution in [-0.4, -0.2) is 14.5 Å². The number of aromatic nitrogens is 3. The van der Waals surface area contributed by atoms with E-state index in [1.54, 1.807) is 6.07 Å². The smallest absolute Gasteiger partial charge is 0.145 e. The molecule has 3 rings (SSSR count). The Kier molecular flexibility index (Phi) is 3.05. The van der Waals surface area contributed by atoms with Crippen LogP contribution in [0.4, 0.5) is 5.82 Å². The first-order valence-electron chi connectivity index (χ1n) is 6.27. The maximum Gasteiger partial charge on any atom is 0.145 e. The Morgan fingerprint density at radius 3 is 3.00 bits per heavy atom. The molecule has 0 radical (unpaired) electrons. The van der Waals surface area contributed by atoms with Gasteiger partial charge >= 0.3 is 0 Å². The number of rotatable bonds is 3. The average Bonchev–Trinajstić information content (AvgIpc) is 2.82. The SMILES string of the molecule is Cn1cc(CNc2cc(C#N)ncn2)c2ccccc21. The molecule has 5 nitrogen and oxygen atoms in total. The predicted molar refractivity (Wildman–Crippen MR) is 77.0 cm³/mol. The Labute approximate surface area is 116 Å². The molecule has 0 atom stereocenters. The molecule has 0 bridgehead atoms. The quantitative estimate of drug-likeness (QED) is 0.788. The molecule has 1 aromatic carbocycles. The number of fused-ring (bicyclic) bond motifs is 1. The van der Waals surface area contributed by atoms with E-state index in [0.717, 1.165) is 0 Å². The highest BCUT2D eigenvalue weighted by Crippen LogP contribution is 2.21. The molecule has 0 saturated carbocycles. The van der Waals surface area contributed by atoms with Crippen LogP contribution in [0.5, 0.6) is 0 Å². The van der Waals surface area contributed by atoms with Crippen LogP contribution in [0.15, 0.2) is 42.9 Å². The lowest BCUT2D eigenvalue weighted by molar-refractivity contribution is 0.954. The summed E-state index contributed by atoms with van der Waals surface area (Å²) in [6.45, 7) is 0.656. The van der Waals surface area contributed by atoms with E-state index in [4.69, 9.17) is 5.26 Å². The summed E-state index contributed by atoms with van der Waals surface area (Å²) in [6.07, 6.45) is 3.49. The summed E-state index contributed by atoms with van der Waals surface area (Å²) < 4.78 is 2.10. The molecule has 1 N–H and O–H groups in total. The first-order valence-corrected chi connectivity index (χ1v) is 6.27. The molecule has 98 valence electrons. The molecule has 2 aromatic heterocycles. The first kappa shape index (κ1) is 12.2. The summed E-state index contributed by atoms with van der Waals surface area (Å²) in [5, 5.41) is 13.3. The van der Waals surface area contributed by atoms with Crippen LogP contribution in [0.25, 0.3) is 10.9 Å². The maximum absolute atomic E-state index is 8.82. The third kappa shape index (κ3) is 2.19. The lowest BCUT2D eigenvalue weighted by Gasteiger charge is -2.04. The molecule has 3 aromatic rings. The highest BCUT2D eigenvalue weighted by atomic mass is 15.0. The van der Waals surface area contributed by atoms with E-state index in [0.29, 0.717) is 18.1 Å². The minimum Gasteiger partial charge on any atom is -0.366 e. The molecule has 0 amide bonds. The van der Waals surface area contributed by atoms with Crippen LogP contribution in [0.3, 0.4) is 0 Å². The minimum absolute atomic E-state index is 0.361. The number of aryl methyl sites for hydroxylation is 1. The molecule has 0 aliphatic carbocycles. The van der Waals surface area contributed by atoms with Gasteiger partial charge in [0.05, 0.1) is 0 Å². The van der Waals surface area contributed by atoms with Crippen molar-refractivity contribution in [1.29, 1.82) is 5.26 Å². The van der Waals surface area contributed by atoms with E-state index in [1.165, 1.54) is 22.8 Å². The molecule has 0 unspecified atom stereocenters. The van der Waals surface area contributed by atoms with E-state index in [2.05, 4.69) is 38.2 Å². The Hall–Kier alpha value is -2.87. The Balaban J connectivity index is 1.85. The van der Waals surface area contributed by atoms with E-state index < -0.39 is 0 Å². The molecular formula is C15H13N5. The molecule has 20 heavy (non-hydrogen) atoms. The summed E-state index contributed by atoms with van der Waals surface area (Å²) in [5.74, 6) is 0.657. The number of anilines is 1. The second kappa shape index (κ2) is 5.02. The number of hydrogen-bond acceptors (Lipinski definition) is 4. The fourth-order valence-electron chi connectivity index (χ4n) is 2.27. The van der Waals surface area contributed by atoms with Crippen molar-refractivity contribution in [3.05, 3.63) is 54.1 Å². The van der Waals surface area contributed by atoms with Gasteiger partial charge in [-0.3, -0.25) is 0 Å². The Morgan fingerprint density at radius 1 is 1.30 bits per heavy atom. The van der Waals surface area contributed by atoms with Crippen molar-refractivity contribution in [2.75, 3.05) is 5.32 Å². The van der Waals surface area contributed by atoms with Crippen LogP contribution < -0.4 is 5.32 Å². The van der Waals surface area contributed by atoms with Crippen LogP contribution in [0.1, 0.15) is 11.3 Å². The number of hydrogen-bond donors (Lipinski definition) is 1. The Bertz CT molecular complexity index is 797. The number of benzene rings is 1. The van der Waals surface area contributed by atoms with Gasteiger partial charge in [0, 0.05) is 36.8 Å². The first-order chi connectivity index (χ1) is 9.78. The molecule has 0 aliphatic heterocycles. The zero-order valence-electron chi connectivity index (χ0n) is 11.0. The lowest BCUT2D eigenvalue weighted by Crippen LogP contribution is -2.01. The summed E-state index contributed by atoms with van der Waals surface area (Å²) in [7, 11) is 2.03. The molecular weight excluding hydrogens is 250 g/mol. The summed E-state index contributed by atoms with van der Waals surface area (Å²) >= 11 is 0. The third-order valence-electron chi connectivity index (χ3n) is 3.22. The predicted octanol–water partition coefficient (Wildman–Crippen LogP) is 2.45. The fraction of sp³-hybridized carbons (Fsp3) is 0.133. The molecule has 0 aliphatic rings. The average molecular weight is 263 g/mol. The summed E-state index contributed by atoms with van der Waals surface area (Å²) in [4.78, 5) is 7.96. The topological polar surface area (TPSA) is 66.5 Å². The van der Waals surface area contributed by atoms with E-state index in [9.17, 15) is 0 Å². The van der Waals surface area contributed by atoms with Gasteiger partial charge in [-0.15, -0.1) is 0 Å². The zero-order valence-corrected chi connectivity index (χ0v) is 11.0. The molecule has 2 heterocycles. The highest BCUT2D eigenvalue weighted by Gasteiger charge is 2.06. The van der Waals surface area contributed by atoms with E-state index >= 15 is 0 Å². The van der Waals surface area contributed by atoms with Crippen LogP contribution in [0, 0.1) is 11.3 Å². The molecule has 0 spiro atoms. The van der Waals surface area contributed by atoms with E-state index in [1.807, 2.05) is 25.2 Å². The summed E-state index contributed by atoms with van der Waals surface area (Å²) in [6, 6.07) is 11.9. The number of nitrogens with one attached hydrogen (secondary N) is 1. The van der Waals surface area contributed by atoms with Gasteiger partial charge in [0.15, 0.2) is 0 Å². The van der Waals surface area contributed by atoms with Crippen molar-refractivity contribution in [3.63, 3.8) is 0 Å². The second-order valence-corrected chi connectivity index (χ2v) is 4.54. The van der Waals surface area contributed by atoms with Gasteiger partial charge in [-0.05, 0) is 11.6 Å². The van der Waals surface area contributed by atoms with Crippen molar-refractivity contribution < 1.29 is 0 Å². The van der Waals surface area contributed by atoms with Crippen molar-refractivity contribution >= 4 is 16.7 Å². The van der Waals surface area contributed by atoms with Crippen molar-refractivity contribution in [2.24, 2.45) is 7.05 Å². The maximum atomic E-state index is 8.82. The van der Waals surface area contributed by atoms with Crippen molar-refractivity contribution in [2.45, 2.75) is 6.54 Å². The largest absolute Gasteiger partial charge is 0.366 e. The van der Waals surface area contributed by atoms with Gasteiger partial charge in [-0.1, -0.05) is 18.2 Å². The molecule has 5 heteroatoms.